The van der Waals surface area contributed by atoms with Crippen LogP contribution in [-0.2, 0) is 15.1 Å². The number of H-pyrrole nitrogens is 1. The highest BCUT2D eigenvalue weighted by Crippen LogP contribution is 2.32. The lowest BCUT2D eigenvalue weighted by Gasteiger charge is -2.35. The molecule has 2 N–H and O–H groups in total. The number of nitrogens with one attached hydrogen (secondary N) is 2. The third kappa shape index (κ3) is 2.73. The molecule has 0 saturated carbocycles. The number of nitrogens with zero attached hydrogens (tertiary/aromatic N) is 5. The Labute approximate surface area is 137 Å². The van der Waals surface area contributed by atoms with Crippen LogP contribution in [0.25, 0.3) is 10.9 Å². The Morgan fingerprint density at radius 2 is 2.29 bits per heavy atom. The summed E-state index contributed by atoms with van der Waals surface area (Å²) in [6.07, 6.45) is 6.76. The first-order chi connectivity index (χ1) is 11.8. The molecule has 0 aliphatic carbocycles. The number of fused-ring (bicyclic) bond motifs is 1. The molecule has 24 heavy (non-hydrogen) atoms. The third-order valence-electron chi connectivity index (χ3n) is 4.45. The van der Waals surface area contributed by atoms with Gasteiger partial charge < -0.3 is 15.0 Å². The second-order valence-electron chi connectivity index (χ2n) is 5.95. The van der Waals surface area contributed by atoms with Crippen molar-refractivity contribution in [1.29, 1.82) is 0 Å². The molecule has 4 rings (SSSR count). The van der Waals surface area contributed by atoms with Crippen LogP contribution in [0.2, 0.25) is 0 Å². The smallest absolute Gasteiger partial charge is 0.227 e. The van der Waals surface area contributed by atoms with E-state index in [1.54, 1.807) is 17.2 Å². The number of ether oxygens (including phenoxy) is 1. The molecule has 0 bridgehead atoms. The molecule has 4 heterocycles. The predicted molar refractivity (Wildman–Crippen MR) is 85.2 cm³/mol. The van der Waals surface area contributed by atoms with Gasteiger partial charge in [0.05, 0.1) is 23.7 Å². The Morgan fingerprint density at radius 3 is 3.08 bits per heavy atom. The average molecular weight is 327 g/mol. The number of pyridine rings is 1. The molecule has 0 radical (unpaired) electrons. The van der Waals surface area contributed by atoms with Gasteiger partial charge in [-0.25, -0.2) is 9.67 Å². The van der Waals surface area contributed by atoms with Crippen molar-refractivity contribution in [3.8, 4) is 0 Å². The number of anilines is 1. The monoisotopic (exact) mass is 327 g/mol. The zero-order valence-corrected chi connectivity index (χ0v) is 13.0. The fourth-order valence-corrected chi connectivity index (χ4v) is 3.12. The molecule has 9 nitrogen and oxygen atoms in total. The molecule has 9 heteroatoms. The van der Waals surface area contributed by atoms with Crippen molar-refractivity contribution in [3.63, 3.8) is 0 Å². The maximum Gasteiger partial charge on any atom is 0.227 e. The van der Waals surface area contributed by atoms with Gasteiger partial charge in [-0.2, -0.15) is 0 Å². The molecule has 124 valence electrons. The van der Waals surface area contributed by atoms with E-state index < -0.39 is 5.54 Å². The molecule has 0 spiro atoms. The number of hydrogen-bond donors (Lipinski definition) is 2. The quantitative estimate of drug-likeness (QED) is 0.742. The Bertz CT molecular complexity index is 837. The predicted octanol–water partition coefficient (Wildman–Crippen LogP) is 1.08. The van der Waals surface area contributed by atoms with Crippen molar-refractivity contribution >= 4 is 22.6 Å². The highest BCUT2D eigenvalue weighted by atomic mass is 16.5. The lowest BCUT2D eigenvalue weighted by molar-refractivity contribution is -0.120. The maximum atomic E-state index is 12.6. The molecule has 0 atom stereocenters. The van der Waals surface area contributed by atoms with E-state index in [2.05, 4.69) is 30.8 Å². The largest absolute Gasteiger partial charge is 0.381 e. The molecule has 3 aromatic rings. The minimum Gasteiger partial charge on any atom is -0.381 e. The molecule has 1 amide bonds. The van der Waals surface area contributed by atoms with Gasteiger partial charge in [0.25, 0.3) is 0 Å². The first kappa shape index (κ1) is 14.8. The van der Waals surface area contributed by atoms with Gasteiger partial charge in [-0.1, -0.05) is 0 Å². The first-order valence-electron chi connectivity index (χ1n) is 7.79. The van der Waals surface area contributed by atoms with E-state index in [-0.39, 0.29) is 12.3 Å². The van der Waals surface area contributed by atoms with Crippen molar-refractivity contribution in [2.24, 2.45) is 0 Å². The molecule has 3 aromatic heterocycles. The van der Waals surface area contributed by atoms with Crippen LogP contribution in [0.1, 0.15) is 19.3 Å². The summed E-state index contributed by atoms with van der Waals surface area (Å²) in [5.74, 6) is 0.417. The number of rotatable bonds is 4. The minimum atomic E-state index is -0.454. The fourth-order valence-electron chi connectivity index (χ4n) is 3.12. The van der Waals surface area contributed by atoms with Crippen molar-refractivity contribution in [1.82, 2.24) is 30.2 Å². The van der Waals surface area contributed by atoms with Crippen LogP contribution in [0.4, 0.5) is 5.82 Å². The fraction of sp³-hybridized carbons (Fsp3) is 0.400. The number of carbonyl (C=O) groups excluding carboxylic acids is 1. The van der Waals surface area contributed by atoms with E-state index >= 15 is 0 Å². The van der Waals surface area contributed by atoms with Crippen molar-refractivity contribution in [3.05, 3.63) is 30.9 Å². The van der Waals surface area contributed by atoms with Gasteiger partial charge in [0, 0.05) is 24.8 Å². The molecule has 1 aliphatic heterocycles. The number of aromatic amines is 1. The number of aromatic nitrogens is 6. The van der Waals surface area contributed by atoms with E-state index in [0.717, 1.165) is 10.9 Å². The van der Waals surface area contributed by atoms with E-state index in [9.17, 15) is 4.79 Å². The van der Waals surface area contributed by atoms with Gasteiger partial charge in [-0.15, -0.1) is 5.10 Å². The Kier molecular flexibility index (Phi) is 3.69. The van der Waals surface area contributed by atoms with E-state index in [1.165, 1.54) is 0 Å². The van der Waals surface area contributed by atoms with Crippen LogP contribution in [0.15, 0.2) is 30.9 Å². The average Bonchev–Trinajstić information content (AvgIpc) is 3.27. The molecule has 1 fully saturated rings. The van der Waals surface area contributed by atoms with Gasteiger partial charge >= 0.3 is 0 Å². The van der Waals surface area contributed by atoms with Crippen molar-refractivity contribution in [2.75, 3.05) is 18.5 Å². The summed E-state index contributed by atoms with van der Waals surface area (Å²) >= 11 is 0. The van der Waals surface area contributed by atoms with Gasteiger partial charge in [-0.3, -0.25) is 4.79 Å². The maximum absolute atomic E-state index is 12.6. The first-order valence-corrected chi connectivity index (χ1v) is 7.79. The standard InChI is InChI=1S/C15H17N7O2/c23-14(19-13-7-11-1-4-16-12(11)9-17-13)8-15(2-5-24-6-3-15)22-10-18-20-21-22/h1,4,7,9-10,16H,2-3,5-6,8H2,(H,17,19,23). The van der Waals surface area contributed by atoms with Gasteiger partial charge in [0.2, 0.25) is 5.91 Å². The lowest BCUT2D eigenvalue weighted by atomic mass is 9.86. The summed E-state index contributed by atoms with van der Waals surface area (Å²) in [6.45, 7) is 1.17. The van der Waals surface area contributed by atoms with Gasteiger partial charge in [-0.05, 0) is 35.4 Å². The molecular formula is C15H17N7O2. The molecular weight excluding hydrogens is 310 g/mol. The van der Waals surface area contributed by atoms with E-state index in [4.69, 9.17) is 4.74 Å². The Balaban J connectivity index is 1.52. The normalized spacial score (nSPS) is 17.0. The summed E-state index contributed by atoms with van der Waals surface area (Å²) < 4.78 is 7.11. The number of amides is 1. The summed E-state index contributed by atoms with van der Waals surface area (Å²) in [5.41, 5.74) is 0.479. The Hall–Kier alpha value is -2.81. The van der Waals surface area contributed by atoms with Crippen LogP contribution >= 0.6 is 0 Å². The number of carbonyl (C=O) groups is 1. The summed E-state index contributed by atoms with van der Waals surface area (Å²) in [5, 5.41) is 15.3. The van der Waals surface area contributed by atoms with Crippen LogP contribution in [0, 0.1) is 0 Å². The summed E-state index contributed by atoms with van der Waals surface area (Å²) in [6, 6.07) is 3.78. The lowest BCUT2D eigenvalue weighted by Crippen LogP contribution is -2.43. The van der Waals surface area contributed by atoms with E-state index in [1.807, 2.05) is 18.3 Å². The Morgan fingerprint density at radius 1 is 1.42 bits per heavy atom. The molecule has 0 aromatic carbocycles. The van der Waals surface area contributed by atoms with Crippen molar-refractivity contribution in [2.45, 2.75) is 24.8 Å². The van der Waals surface area contributed by atoms with Crippen molar-refractivity contribution < 1.29 is 9.53 Å². The highest BCUT2D eigenvalue weighted by Gasteiger charge is 2.38. The van der Waals surface area contributed by atoms with Crippen LogP contribution in [0.5, 0.6) is 0 Å². The number of tetrazole rings is 1. The second-order valence-corrected chi connectivity index (χ2v) is 5.95. The second kappa shape index (κ2) is 6.00. The number of hydrogen-bond acceptors (Lipinski definition) is 6. The third-order valence-corrected chi connectivity index (χ3v) is 4.45. The highest BCUT2D eigenvalue weighted by molar-refractivity contribution is 5.92. The van der Waals surface area contributed by atoms with Crippen LogP contribution in [-0.4, -0.2) is 49.3 Å². The van der Waals surface area contributed by atoms with Crippen LogP contribution in [0.3, 0.4) is 0 Å². The molecule has 1 saturated heterocycles. The zero-order chi connectivity index (χ0) is 16.4. The molecule has 1 aliphatic rings. The summed E-state index contributed by atoms with van der Waals surface area (Å²) in [7, 11) is 0. The SMILES string of the molecule is O=C(CC1(n2cnnn2)CCOCC1)Nc1cc2cc[nH]c2cn1. The minimum absolute atomic E-state index is 0.116. The van der Waals surface area contributed by atoms with Gasteiger partial charge in [0.15, 0.2) is 0 Å². The van der Waals surface area contributed by atoms with Gasteiger partial charge in [0.1, 0.15) is 12.1 Å². The van der Waals surface area contributed by atoms with E-state index in [0.29, 0.717) is 31.9 Å². The topological polar surface area (TPSA) is 111 Å². The molecule has 0 unspecified atom stereocenters. The zero-order valence-electron chi connectivity index (χ0n) is 13.0. The van der Waals surface area contributed by atoms with Crippen LogP contribution < -0.4 is 5.32 Å². The summed E-state index contributed by atoms with van der Waals surface area (Å²) in [4.78, 5) is 19.9.